The molecule has 1 aliphatic rings. The lowest BCUT2D eigenvalue weighted by Crippen LogP contribution is -2.02. The summed E-state index contributed by atoms with van der Waals surface area (Å²) in [6.07, 6.45) is 6.39. The van der Waals surface area contributed by atoms with E-state index >= 15 is 0 Å². The molecule has 16 heavy (non-hydrogen) atoms. The van der Waals surface area contributed by atoms with Crippen LogP contribution in [0.2, 0.25) is 0 Å². The van der Waals surface area contributed by atoms with E-state index in [4.69, 9.17) is 17.3 Å². The first-order chi connectivity index (χ1) is 7.68. The summed E-state index contributed by atoms with van der Waals surface area (Å²) in [5.41, 5.74) is 1.99. The molecule has 1 aliphatic carbocycles. The molecule has 0 atom stereocenters. The van der Waals surface area contributed by atoms with Crippen molar-refractivity contribution in [1.82, 2.24) is 0 Å². The van der Waals surface area contributed by atoms with Crippen LogP contribution in [0, 0.1) is 0 Å². The van der Waals surface area contributed by atoms with Crippen LogP contribution in [0.3, 0.4) is 0 Å². The number of hydrogen-bond donors (Lipinski definition) is 1. The summed E-state index contributed by atoms with van der Waals surface area (Å²) < 4.78 is 0. The van der Waals surface area contributed by atoms with E-state index in [0.29, 0.717) is 12.0 Å². The molecule has 0 saturated heterocycles. The summed E-state index contributed by atoms with van der Waals surface area (Å²) >= 11 is 5.05. The number of benzene rings is 1. The van der Waals surface area contributed by atoms with Crippen LogP contribution < -0.4 is 0 Å². The number of carbonyl (C=O) groups is 1. The predicted octanol–water partition coefficient (Wildman–Crippen LogP) is 3.10. The molecule has 2 nitrogen and oxygen atoms in total. The fraction of sp³-hybridized carbons (Fsp3) is 0.0769. The Hall–Kier alpha value is -1.74. The molecule has 0 heterocycles. The average Bonchev–Trinajstić information content (AvgIpc) is 2.30. The van der Waals surface area contributed by atoms with Crippen molar-refractivity contribution in [3.8, 4) is 0 Å². The van der Waals surface area contributed by atoms with Gasteiger partial charge < -0.3 is 5.11 Å². The summed E-state index contributed by atoms with van der Waals surface area (Å²) in [6.45, 7) is 0. The average molecular weight is 230 g/mol. The van der Waals surface area contributed by atoms with Crippen LogP contribution in [0.1, 0.15) is 22.3 Å². The van der Waals surface area contributed by atoms with Gasteiger partial charge in [-0.15, -0.1) is 0 Å². The molecular weight excluding hydrogens is 220 g/mol. The normalized spacial score (nSPS) is 14.8. The predicted molar refractivity (Wildman–Crippen MR) is 67.7 cm³/mol. The summed E-state index contributed by atoms with van der Waals surface area (Å²) in [4.78, 5) is 11.9. The van der Waals surface area contributed by atoms with Gasteiger partial charge in [-0.1, -0.05) is 42.6 Å². The fourth-order valence-corrected chi connectivity index (χ4v) is 1.80. The zero-order valence-corrected chi connectivity index (χ0v) is 9.33. The minimum atomic E-state index is -0.905. The van der Waals surface area contributed by atoms with Crippen LogP contribution in [0.5, 0.6) is 0 Å². The lowest BCUT2D eigenvalue weighted by Gasteiger charge is -2.10. The zero-order valence-electron chi connectivity index (χ0n) is 8.51. The number of allylic oxidation sites excluding steroid dienone is 4. The first-order valence-electron chi connectivity index (χ1n) is 4.92. The molecule has 80 valence electrons. The molecule has 0 bridgehead atoms. The van der Waals surface area contributed by atoms with E-state index in [-0.39, 0.29) is 0 Å². The van der Waals surface area contributed by atoms with Gasteiger partial charge in [0, 0.05) is 11.3 Å². The van der Waals surface area contributed by atoms with Gasteiger partial charge in [0.2, 0.25) is 0 Å². The second-order valence-corrected chi connectivity index (χ2v) is 4.04. The molecular formula is C13H10O2S. The van der Waals surface area contributed by atoms with Crippen LogP contribution in [-0.2, 0) is 0 Å². The molecule has 0 radical (unpaired) electrons. The number of carboxylic acids is 1. The van der Waals surface area contributed by atoms with Crippen LogP contribution in [0.15, 0.2) is 42.5 Å². The van der Waals surface area contributed by atoms with Crippen molar-refractivity contribution in [2.24, 2.45) is 0 Å². The minimum Gasteiger partial charge on any atom is -0.478 e. The van der Waals surface area contributed by atoms with E-state index in [2.05, 4.69) is 0 Å². The first-order valence-corrected chi connectivity index (χ1v) is 5.33. The maximum Gasteiger partial charge on any atom is 0.336 e. The van der Waals surface area contributed by atoms with Crippen molar-refractivity contribution in [3.05, 3.63) is 53.6 Å². The molecule has 1 N–H and O–H groups in total. The van der Waals surface area contributed by atoms with E-state index in [1.54, 1.807) is 12.1 Å². The molecule has 1 aromatic rings. The van der Waals surface area contributed by atoms with Gasteiger partial charge in [-0.25, -0.2) is 4.79 Å². The highest BCUT2D eigenvalue weighted by Crippen LogP contribution is 2.23. The standard InChI is InChI=1S/C13H10O2S/c14-13(15)12-4-2-1-3-11(12)9-5-7-10(16)8-6-9/h1-7H,8H2,(H,14,15). The van der Waals surface area contributed by atoms with Crippen LogP contribution in [0.4, 0.5) is 0 Å². The van der Waals surface area contributed by atoms with Crippen LogP contribution in [-0.4, -0.2) is 15.9 Å². The molecule has 3 heteroatoms. The molecule has 0 unspecified atom stereocenters. The lowest BCUT2D eigenvalue weighted by atomic mass is 9.95. The third kappa shape index (κ3) is 2.09. The van der Waals surface area contributed by atoms with E-state index in [0.717, 1.165) is 16.0 Å². The second-order valence-electron chi connectivity index (χ2n) is 3.51. The molecule has 0 spiro atoms. The van der Waals surface area contributed by atoms with Crippen molar-refractivity contribution in [2.75, 3.05) is 0 Å². The molecule has 1 aromatic carbocycles. The van der Waals surface area contributed by atoms with Crippen LogP contribution >= 0.6 is 12.2 Å². The van der Waals surface area contributed by atoms with Gasteiger partial charge in [0.15, 0.2) is 0 Å². The largest absolute Gasteiger partial charge is 0.478 e. The zero-order chi connectivity index (χ0) is 11.5. The third-order valence-electron chi connectivity index (χ3n) is 2.44. The molecule has 2 rings (SSSR count). The topological polar surface area (TPSA) is 37.3 Å². The maximum atomic E-state index is 11.1. The van der Waals surface area contributed by atoms with Crippen LogP contribution in [0.25, 0.3) is 5.57 Å². The Bertz CT molecular complexity index is 512. The highest BCUT2D eigenvalue weighted by atomic mass is 32.1. The summed E-state index contributed by atoms with van der Waals surface area (Å²) in [5, 5.41) is 9.07. The van der Waals surface area contributed by atoms with Gasteiger partial charge in [0.25, 0.3) is 0 Å². The Kier molecular flexibility index (Phi) is 2.97. The van der Waals surface area contributed by atoms with Crippen molar-refractivity contribution < 1.29 is 9.90 Å². The smallest absolute Gasteiger partial charge is 0.336 e. The third-order valence-corrected chi connectivity index (χ3v) is 2.74. The van der Waals surface area contributed by atoms with Gasteiger partial charge in [-0.3, -0.25) is 0 Å². The second kappa shape index (κ2) is 4.41. The van der Waals surface area contributed by atoms with E-state index in [1.165, 1.54) is 0 Å². The Balaban J connectivity index is 2.45. The summed E-state index contributed by atoms with van der Waals surface area (Å²) in [5.74, 6) is -0.905. The molecule has 0 saturated carbocycles. The Morgan fingerprint density at radius 3 is 2.62 bits per heavy atom. The Morgan fingerprint density at radius 2 is 2.00 bits per heavy atom. The Morgan fingerprint density at radius 1 is 1.25 bits per heavy atom. The van der Waals surface area contributed by atoms with Gasteiger partial charge in [0.05, 0.1) is 5.56 Å². The SMILES string of the molecule is O=C(O)c1ccccc1C1=CCC(=S)C=C1. The fourth-order valence-electron chi connectivity index (χ4n) is 1.65. The molecule has 0 aliphatic heterocycles. The van der Waals surface area contributed by atoms with Crippen molar-refractivity contribution in [3.63, 3.8) is 0 Å². The lowest BCUT2D eigenvalue weighted by molar-refractivity contribution is 0.0696. The summed E-state index contributed by atoms with van der Waals surface area (Å²) in [6, 6.07) is 6.99. The highest BCUT2D eigenvalue weighted by molar-refractivity contribution is 7.80. The number of hydrogen-bond acceptors (Lipinski definition) is 2. The number of rotatable bonds is 2. The highest BCUT2D eigenvalue weighted by Gasteiger charge is 2.12. The first kappa shape index (κ1) is 10.8. The maximum absolute atomic E-state index is 11.1. The van der Waals surface area contributed by atoms with Gasteiger partial charge in [0.1, 0.15) is 0 Å². The van der Waals surface area contributed by atoms with E-state index < -0.39 is 5.97 Å². The number of thiocarbonyl (C=S) groups is 1. The minimum absolute atomic E-state index is 0.325. The van der Waals surface area contributed by atoms with Gasteiger partial charge in [-0.05, 0) is 23.3 Å². The van der Waals surface area contributed by atoms with E-state index in [9.17, 15) is 4.79 Å². The summed E-state index contributed by atoms with van der Waals surface area (Å²) in [7, 11) is 0. The molecule has 0 fully saturated rings. The quantitative estimate of drug-likeness (QED) is 0.793. The Labute approximate surface area is 98.9 Å². The number of carboxylic acid groups (broad SMARTS) is 1. The van der Waals surface area contributed by atoms with Gasteiger partial charge in [-0.2, -0.15) is 0 Å². The van der Waals surface area contributed by atoms with Crippen molar-refractivity contribution in [2.45, 2.75) is 6.42 Å². The van der Waals surface area contributed by atoms with Crippen molar-refractivity contribution in [1.29, 1.82) is 0 Å². The molecule has 0 aromatic heterocycles. The number of aromatic carboxylic acids is 1. The monoisotopic (exact) mass is 230 g/mol. The molecule has 0 amide bonds. The van der Waals surface area contributed by atoms with Crippen molar-refractivity contribution >= 4 is 28.6 Å². The van der Waals surface area contributed by atoms with Gasteiger partial charge >= 0.3 is 5.97 Å². The van der Waals surface area contributed by atoms with E-state index in [1.807, 2.05) is 30.4 Å².